The minimum atomic E-state index is -3.55. The zero-order valence-electron chi connectivity index (χ0n) is 14.4. The van der Waals surface area contributed by atoms with E-state index in [1.807, 2.05) is 30.3 Å². The summed E-state index contributed by atoms with van der Waals surface area (Å²) in [5.74, 6) is 0. The van der Waals surface area contributed by atoms with Crippen LogP contribution in [-0.2, 0) is 20.3 Å². The van der Waals surface area contributed by atoms with Crippen molar-refractivity contribution in [3.05, 3.63) is 66.2 Å². The third-order valence-electron chi connectivity index (χ3n) is 4.76. The van der Waals surface area contributed by atoms with Crippen LogP contribution in [0.1, 0.15) is 12.5 Å². The second kappa shape index (κ2) is 7.66. The fraction of sp³-hybridized carbons (Fsp3) is 0.368. The first-order valence-electron chi connectivity index (χ1n) is 8.45. The summed E-state index contributed by atoms with van der Waals surface area (Å²) >= 11 is 0. The third-order valence-corrected chi connectivity index (χ3v) is 6.18. The van der Waals surface area contributed by atoms with E-state index >= 15 is 0 Å². The van der Waals surface area contributed by atoms with Crippen LogP contribution in [0, 0.1) is 0 Å². The Morgan fingerprint density at radius 3 is 2.16 bits per heavy atom. The van der Waals surface area contributed by atoms with Crippen LogP contribution in [0.4, 0.5) is 0 Å². The Kier molecular flexibility index (Phi) is 5.54. The van der Waals surface area contributed by atoms with E-state index in [0.717, 1.165) is 18.7 Å². The lowest BCUT2D eigenvalue weighted by atomic mass is 9.89. The Balaban J connectivity index is 1.85. The molecule has 5 nitrogen and oxygen atoms in total. The number of nitrogens with one attached hydrogen (secondary N) is 1. The third kappa shape index (κ3) is 4.10. The van der Waals surface area contributed by atoms with Crippen molar-refractivity contribution in [1.29, 1.82) is 0 Å². The Bertz CT molecular complexity index is 775. The van der Waals surface area contributed by atoms with Crippen molar-refractivity contribution in [2.45, 2.75) is 17.4 Å². The SMILES string of the molecule is C[C@@](CNS(=O)(=O)c1ccccc1)(c1ccccc1)N1CCOCC1. The van der Waals surface area contributed by atoms with Gasteiger partial charge < -0.3 is 4.74 Å². The van der Waals surface area contributed by atoms with Crippen molar-refractivity contribution < 1.29 is 13.2 Å². The summed E-state index contributed by atoms with van der Waals surface area (Å²) < 4.78 is 33.5. The Morgan fingerprint density at radius 2 is 1.56 bits per heavy atom. The predicted octanol–water partition coefficient (Wildman–Crippen LogP) is 2.21. The molecule has 1 fully saturated rings. The van der Waals surface area contributed by atoms with Crippen molar-refractivity contribution in [3.63, 3.8) is 0 Å². The maximum Gasteiger partial charge on any atom is 0.240 e. The van der Waals surface area contributed by atoms with Gasteiger partial charge in [0, 0.05) is 19.6 Å². The van der Waals surface area contributed by atoms with Gasteiger partial charge in [0.15, 0.2) is 0 Å². The Morgan fingerprint density at radius 1 is 1.00 bits per heavy atom. The normalized spacial score (nSPS) is 18.6. The number of benzene rings is 2. The maximum absolute atomic E-state index is 12.6. The van der Waals surface area contributed by atoms with E-state index in [-0.39, 0.29) is 4.90 Å². The van der Waals surface area contributed by atoms with Gasteiger partial charge in [-0.1, -0.05) is 48.5 Å². The van der Waals surface area contributed by atoms with E-state index < -0.39 is 15.6 Å². The molecule has 0 unspecified atom stereocenters. The molecular formula is C19H24N2O3S. The van der Waals surface area contributed by atoms with E-state index in [4.69, 9.17) is 4.74 Å². The number of rotatable bonds is 6. The molecule has 1 aliphatic heterocycles. The second-order valence-corrected chi connectivity index (χ2v) is 8.14. The largest absolute Gasteiger partial charge is 0.379 e. The highest BCUT2D eigenvalue weighted by molar-refractivity contribution is 7.89. The molecule has 3 rings (SSSR count). The average molecular weight is 360 g/mol. The van der Waals surface area contributed by atoms with Gasteiger partial charge in [-0.3, -0.25) is 4.90 Å². The summed E-state index contributed by atoms with van der Waals surface area (Å²) in [6.07, 6.45) is 0. The van der Waals surface area contributed by atoms with Crippen molar-refractivity contribution in [1.82, 2.24) is 9.62 Å². The lowest BCUT2D eigenvalue weighted by Crippen LogP contribution is -2.55. The summed E-state index contributed by atoms with van der Waals surface area (Å²) in [6.45, 7) is 5.26. The first-order chi connectivity index (χ1) is 12.0. The van der Waals surface area contributed by atoms with E-state index in [9.17, 15) is 8.42 Å². The minimum absolute atomic E-state index is 0.285. The molecule has 0 radical (unpaired) electrons. The van der Waals surface area contributed by atoms with Crippen LogP contribution in [0.25, 0.3) is 0 Å². The van der Waals surface area contributed by atoms with Crippen LogP contribution in [0.15, 0.2) is 65.6 Å². The lowest BCUT2D eigenvalue weighted by molar-refractivity contribution is -0.0164. The van der Waals surface area contributed by atoms with Crippen LogP contribution in [-0.4, -0.2) is 46.2 Å². The Labute approximate surface area is 149 Å². The molecule has 0 aliphatic carbocycles. The number of hydrogen-bond acceptors (Lipinski definition) is 4. The number of ether oxygens (including phenoxy) is 1. The van der Waals surface area contributed by atoms with Crippen molar-refractivity contribution in [2.24, 2.45) is 0 Å². The van der Waals surface area contributed by atoms with E-state index in [0.29, 0.717) is 19.8 Å². The molecule has 1 aliphatic rings. The van der Waals surface area contributed by atoms with Gasteiger partial charge in [-0.05, 0) is 24.6 Å². The fourth-order valence-electron chi connectivity index (χ4n) is 3.17. The van der Waals surface area contributed by atoms with Gasteiger partial charge in [-0.25, -0.2) is 13.1 Å². The zero-order valence-corrected chi connectivity index (χ0v) is 15.2. The molecule has 0 spiro atoms. The summed E-state index contributed by atoms with van der Waals surface area (Å²) in [7, 11) is -3.55. The molecule has 6 heteroatoms. The molecule has 2 aromatic rings. The van der Waals surface area contributed by atoms with Crippen LogP contribution in [0.5, 0.6) is 0 Å². The minimum Gasteiger partial charge on any atom is -0.379 e. The number of nitrogens with zero attached hydrogens (tertiary/aromatic N) is 1. The molecule has 25 heavy (non-hydrogen) atoms. The van der Waals surface area contributed by atoms with Crippen molar-refractivity contribution in [3.8, 4) is 0 Å². The van der Waals surface area contributed by atoms with E-state index in [1.165, 1.54) is 0 Å². The quantitative estimate of drug-likeness (QED) is 0.858. The smallest absolute Gasteiger partial charge is 0.240 e. The lowest BCUT2D eigenvalue weighted by Gasteiger charge is -2.43. The number of sulfonamides is 1. The standard InChI is InChI=1S/C19H24N2O3S/c1-19(17-8-4-2-5-9-17,21-12-14-24-15-13-21)16-20-25(22,23)18-10-6-3-7-11-18/h2-11,20H,12-16H2,1H3/t19-/m1/s1. The first kappa shape index (κ1) is 18.1. The van der Waals surface area contributed by atoms with Gasteiger partial charge in [0.2, 0.25) is 10.0 Å². The van der Waals surface area contributed by atoms with Crippen LogP contribution >= 0.6 is 0 Å². The average Bonchev–Trinajstić information content (AvgIpc) is 2.68. The van der Waals surface area contributed by atoms with Gasteiger partial charge in [-0.15, -0.1) is 0 Å². The molecule has 0 saturated carbocycles. The van der Waals surface area contributed by atoms with Crippen LogP contribution in [0.2, 0.25) is 0 Å². The molecule has 1 N–H and O–H groups in total. The summed E-state index contributed by atoms with van der Waals surface area (Å²) in [5.41, 5.74) is 0.653. The second-order valence-electron chi connectivity index (χ2n) is 6.38. The summed E-state index contributed by atoms with van der Waals surface area (Å²) in [4.78, 5) is 2.58. The highest BCUT2D eigenvalue weighted by atomic mass is 32.2. The van der Waals surface area contributed by atoms with E-state index in [2.05, 4.69) is 16.5 Å². The number of hydrogen-bond donors (Lipinski definition) is 1. The van der Waals surface area contributed by atoms with Crippen LogP contribution in [0.3, 0.4) is 0 Å². The summed E-state index contributed by atoms with van der Waals surface area (Å²) in [5, 5.41) is 0. The fourth-order valence-corrected chi connectivity index (χ4v) is 4.32. The molecule has 0 bridgehead atoms. The predicted molar refractivity (Wildman–Crippen MR) is 97.8 cm³/mol. The monoisotopic (exact) mass is 360 g/mol. The zero-order chi connectivity index (χ0) is 17.8. The topological polar surface area (TPSA) is 58.6 Å². The highest BCUT2D eigenvalue weighted by Crippen LogP contribution is 2.29. The van der Waals surface area contributed by atoms with Crippen molar-refractivity contribution >= 4 is 10.0 Å². The van der Waals surface area contributed by atoms with Gasteiger partial charge in [0.05, 0.1) is 23.6 Å². The summed E-state index contributed by atoms with van der Waals surface area (Å²) in [6, 6.07) is 18.5. The number of morpholine rings is 1. The van der Waals surface area contributed by atoms with Crippen LogP contribution < -0.4 is 4.72 Å². The molecule has 134 valence electrons. The van der Waals surface area contributed by atoms with Gasteiger partial charge in [-0.2, -0.15) is 0 Å². The van der Waals surface area contributed by atoms with Gasteiger partial charge in [0.1, 0.15) is 0 Å². The molecule has 1 saturated heterocycles. The molecule has 2 aromatic carbocycles. The molecule has 1 heterocycles. The van der Waals surface area contributed by atoms with Gasteiger partial charge >= 0.3 is 0 Å². The van der Waals surface area contributed by atoms with Gasteiger partial charge in [0.25, 0.3) is 0 Å². The Hall–Kier alpha value is -1.73. The molecule has 0 amide bonds. The van der Waals surface area contributed by atoms with Crippen molar-refractivity contribution in [2.75, 3.05) is 32.8 Å². The van der Waals surface area contributed by atoms with E-state index in [1.54, 1.807) is 30.3 Å². The molecular weight excluding hydrogens is 336 g/mol. The highest BCUT2D eigenvalue weighted by Gasteiger charge is 2.35. The first-order valence-corrected chi connectivity index (χ1v) is 9.94. The molecule has 0 aromatic heterocycles. The maximum atomic E-state index is 12.6. The molecule has 1 atom stereocenters.